The highest BCUT2D eigenvalue weighted by molar-refractivity contribution is 8.00. The Morgan fingerprint density at radius 3 is 2.15 bits per heavy atom. The Labute approximate surface area is 206 Å². The largest absolute Gasteiger partial charge is 0.374 e. The first-order chi connectivity index (χ1) is 16.0. The Morgan fingerprint density at radius 1 is 1.00 bits per heavy atom. The van der Waals surface area contributed by atoms with Crippen LogP contribution in [0.5, 0.6) is 0 Å². The van der Waals surface area contributed by atoms with Crippen molar-refractivity contribution in [1.29, 1.82) is 0 Å². The fourth-order valence-corrected chi connectivity index (χ4v) is 4.11. The zero-order valence-electron chi connectivity index (χ0n) is 20.6. The SMILES string of the molecule is CC(C)(C)Sc1nnc([C@@H](COCc2ccccc2)NC(=O)C(C)(C)N)n1Cc1ccccc1. The number of carbonyl (C=O) groups excluding carboxylic acids is 1. The number of hydrogen-bond acceptors (Lipinski definition) is 6. The number of carbonyl (C=O) groups is 1. The van der Waals surface area contributed by atoms with Crippen LogP contribution in [-0.2, 0) is 22.7 Å². The van der Waals surface area contributed by atoms with Gasteiger partial charge >= 0.3 is 0 Å². The molecule has 3 aromatic rings. The van der Waals surface area contributed by atoms with Crippen LogP contribution < -0.4 is 11.1 Å². The van der Waals surface area contributed by atoms with Gasteiger partial charge in [-0.15, -0.1) is 10.2 Å². The standard InChI is InChI=1S/C26H35N5O2S/c1-25(2,3)34-24-30-29-22(31(24)16-19-12-8-6-9-13-19)21(28-23(32)26(4,5)27)18-33-17-20-14-10-7-11-15-20/h6-15,21H,16-18,27H2,1-5H3,(H,28,32)/t21-/m1/s1. The molecule has 3 rings (SSSR count). The number of rotatable bonds is 10. The predicted octanol–water partition coefficient (Wildman–Crippen LogP) is 4.33. The molecule has 7 nitrogen and oxygen atoms in total. The van der Waals surface area contributed by atoms with Gasteiger partial charge in [-0.3, -0.25) is 9.36 Å². The third-order valence-corrected chi connectivity index (χ3v) is 6.02. The maximum Gasteiger partial charge on any atom is 0.240 e. The first-order valence-electron chi connectivity index (χ1n) is 11.4. The minimum atomic E-state index is -1.04. The molecule has 1 heterocycles. The van der Waals surface area contributed by atoms with E-state index in [0.717, 1.165) is 16.3 Å². The summed E-state index contributed by atoms with van der Waals surface area (Å²) in [5, 5.41) is 12.8. The van der Waals surface area contributed by atoms with E-state index in [1.165, 1.54) is 0 Å². The lowest BCUT2D eigenvalue weighted by Gasteiger charge is -2.25. The molecule has 0 saturated carbocycles. The van der Waals surface area contributed by atoms with E-state index in [9.17, 15) is 4.79 Å². The van der Waals surface area contributed by atoms with Crippen LogP contribution in [0, 0.1) is 0 Å². The highest BCUT2D eigenvalue weighted by Gasteiger charge is 2.30. The average molecular weight is 482 g/mol. The van der Waals surface area contributed by atoms with Crippen LogP contribution in [0.4, 0.5) is 0 Å². The van der Waals surface area contributed by atoms with Gasteiger partial charge in [-0.2, -0.15) is 0 Å². The Hall–Kier alpha value is -2.68. The highest BCUT2D eigenvalue weighted by atomic mass is 32.2. The normalized spacial score (nSPS) is 13.0. The van der Waals surface area contributed by atoms with Crippen molar-refractivity contribution in [3.63, 3.8) is 0 Å². The van der Waals surface area contributed by atoms with E-state index in [-0.39, 0.29) is 17.3 Å². The fourth-order valence-electron chi connectivity index (χ4n) is 3.22. The van der Waals surface area contributed by atoms with Gasteiger partial charge in [-0.25, -0.2) is 0 Å². The lowest BCUT2D eigenvalue weighted by molar-refractivity contribution is -0.126. The van der Waals surface area contributed by atoms with Gasteiger partial charge in [0.05, 0.1) is 25.3 Å². The van der Waals surface area contributed by atoms with Crippen molar-refractivity contribution in [2.24, 2.45) is 5.73 Å². The molecule has 2 aromatic carbocycles. The molecule has 0 bridgehead atoms. The molecule has 0 aliphatic heterocycles. The summed E-state index contributed by atoms with van der Waals surface area (Å²) >= 11 is 1.64. The summed E-state index contributed by atoms with van der Waals surface area (Å²) in [4.78, 5) is 12.8. The fraction of sp³-hybridized carbons (Fsp3) is 0.423. The van der Waals surface area contributed by atoms with Crippen LogP contribution in [0.3, 0.4) is 0 Å². The van der Waals surface area contributed by atoms with E-state index in [2.05, 4.69) is 53.0 Å². The number of amides is 1. The number of hydrogen-bond donors (Lipinski definition) is 2. The van der Waals surface area contributed by atoms with Gasteiger partial charge in [0.25, 0.3) is 0 Å². The van der Waals surface area contributed by atoms with Crippen LogP contribution in [-0.4, -0.2) is 37.6 Å². The maximum atomic E-state index is 12.8. The first-order valence-corrected chi connectivity index (χ1v) is 12.2. The minimum absolute atomic E-state index is 0.0550. The molecule has 0 saturated heterocycles. The molecule has 8 heteroatoms. The van der Waals surface area contributed by atoms with Crippen LogP contribution in [0.25, 0.3) is 0 Å². The average Bonchev–Trinajstić information content (AvgIpc) is 3.14. The third kappa shape index (κ3) is 7.68. The number of benzene rings is 2. The van der Waals surface area contributed by atoms with E-state index in [4.69, 9.17) is 10.5 Å². The molecule has 182 valence electrons. The molecule has 0 spiro atoms. The Balaban J connectivity index is 1.92. The molecule has 1 aromatic heterocycles. The molecule has 0 aliphatic carbocycles. The molecule has 1 atom stereocenters. The second-order valence-electron chi connectivity index (χ2n) is 9.88. The van der Waals surface area contributed by atoms with Crippen LogP contribution in [0.2, 0.25) is 0 Å². The second kappa shape index (κ2) is 11.2. The number of nitrogens with zero attached hydrogens (tertiary/aromatic N) is 3. The summed E-state index contributed by atoms with van der Waals surface area (Å²) in [5.41, 5.74) is 7.21. The zero-order valence-corrected chi connectivity index (χ0v) is 21.4. The number of thioether (sulfide) groups is 1. The van der Waals surface area contributed by atoms with Crippen molar-refractivity contribution in [3.8, 4) is 0 Å². The van der Waals surface area contributed by atoms with Crippen molar-refractivity contribution in [2.45, 2.75) is 69.3 Å². The predicted molar refractivity (Wildman–Crippen MR) is 136 cm³/mol. The van der Waals surface area contributed by atoms with Gasteiger partial charge in [-0.05, 0) is 25.0 Å². The van der Waals surface area contributed by atoms with Crippen LogP contribution >= 0.6 is 11.8 Å². The van der Waals surface area contributed by atoms with Gasteiger partial charge in [0.2, 0.25) is 5.91 Å². The monoisotopic (exact) mass is 481 g/mol. The molecule has 0 radical (unpaired) electrons. The molecule has 1 amide bonds. The summed E-state index contributed by atoms with van der Waals surface area (Å²) in [6.45, 7) is 11.0. The van der Waals surface area contributed by atoms with Crippen LogP contribution in [0.15, 0.2) is 65.8 Å². The van der Waals surface area contributed by atoms with Crippen molar-refractivity contribution >= 4 is 17.7 Å². The Morgan fingerprint density at radius 2 is 1.59 bits per heavy atom. The zero-order chi connectivity index (χ0) is 24.8. The molecular formula is C26H35N5O2S. The van der Waals surface area contributed by atoms with E-state index in [1.807, 2.05) is 48.5 Å². The van der Waals surface area contributed by atoms with E-state index in [0.29, 0.717) is 19.0 Å². The van der Waals surface area contributed by atoms with Gasteiger partial charge in [0.1, 0.15) is 6.04 Å². The molecular weight excluding hydrogens is 446 g/mol. The molecule has 34 heavy (non-hydrogen) atoms. The number of nitrogens with one attached hydrogen (secondary N) is 1. The summed E-state index contributed by atoms with van der Waals surface area (Å²) in [7, 11) is 0. The summed E-state index contributed by atoms with van der Waals surface area (Å²) in [6, 6.07) is 19.6. The third-order valence-electron chi connectivity index (χ3n) is 4.92. The first kappa shape index (κ1) is 25.9. The second-order valence-corrected chi connectivity index (χ2v) is 11.7. The molecule has 0 fully saturated rings. The van der Waals surface area contributed by atoms with E-state index in [1.54, 1.807) is 25.6 Å². The van der Waals surface area contributed by atoms with Gasteiger partial charge in [0, 0.05) is 4.75 Å². The molecule has 0 unspecified atom stereocenters. The summed E-state index contributed by atoms with van der Waals surface area (Å²) in [6.07, 6.45) is 0. The smallest absolute Gasteiger partial charge is 0.240 e. The quantitative estimate of drug-likeness (QED) is 0.419. The topological polar surface area (TPSA) is 95.1 Å². The van der Waals surface area contributed by atoms with Gasteiger partial charge in [-0.1, -0.05) is 93.2 Å². The van der Waals surface area contributed by atoms with Crippen LogP contribution in [0.1, 0.15) is 57.6 Å². The van der Waals surface area contributed by atoms with Crippen molar-refractivity contribution in [3.05, 3.63) is 77.6 Å². The van der Waals surface area contributed by atoms with E-state index >= 15 is 0 Å². The minimum Gasteiger partial charge on any atom is -0.374 e. The summed E-state index contributed by atoms with van der Waals surface area (Å²) in [5.74, 6) is 0.362. The van der Waals surface area contributed by atoms with Crippen molar-refractivity contribution in [1.82, 2.24) is 20.1 Å². The maximum absolute atomic E-state index is 12.8. The lowest BCUT2D eigenvalue weighted by atomic mass is 10.1. The summed E-state index contributed by atoms with van der Waals surface area (Å²) < 4.78 is 8.03. The Bertz CT molecular complexity index is 1060. The van der Waals surface area contributed by atoms with E-state index < -0.39 is 11.6 Å². The highest BCUT2D eigenvalue weighted by Crippen LogP contribution is 2.32. The van der Waals surface area contributed by atoms with Crippen molar-refractivity contribution < 1.29 is 9.53 Å². The van der Waals surface area contributed by atoms with Gasteiger partial charge < -0.3 is 15.8 Å². The number of ether oxygens (including phenoxy) is 1. The van der Waals surface area contributed by atoms with Gasteiger partial charge in [0.15, 0.2) is 11.0 Å². The Kier molecular flexibility index (Phi) is 8.52. The van der Waals surface area contributed by atoms with Crippen molar-refractivity contribution in [2.75, 3.05) is 6.61 Å². The molecule has 0 aliphatic rings. The lowest BCUT2D eigenvalue weighted by Crippen LogP contribution is -2.51. The number of aromatic nitrogens is 3. The molecule has 3 N–H and O–H groups in total. The number of nitrogens with two attached hydrogens (primary N) is 1.